The number of aliphatic hydroxyl groups is 1. The molecule has 1 amide bonds. The van der Waals surface area contributed by atoms with Crippen LogP contribution in [-0.2, 0) is 16.1 Å². The molecular formula is C31H33NO6. The lowest BCUT2D eigenvalue weighted by Gasteiger charge is -2.26. The molecule has 1 fully saturated rings. The summed E-state index contributed by atoms with van der Waals surface area (Å²) < 4.78 is 17.2. The molecule has 7 nitrogen and oxygen atoms in total. The number of aliphatic hydroxyl groups excluding tert-OH is 1. The monoisotopic (exact) mass is 515 g/mol. The van der Waals surface area contributed by atoms with Gasteiger partial charge in [-0.25, -0.2) is 0 Å². The van der Waals surface area contributed by atoms with E-state index in [1.807, 2.05) is 51.1 Å². The van der Waals surface area contributed by atoms with E-state index >= 15 is 0 Å². The molecule has 1 aliphatic rings. The fourth-order valence-electron chi connectivity index (χ4n) is 4.49. The highest BCUT2D eigenvalue weighted by atomic mass is 16.5. The molecule has 198 valence electrons. The zero-order valence-corrected chi connectivity index (χ0v) is 22.0. The molecule has 4 rings (SSSR count). The predicted molar refractivity (Wildman–Crippen MR) is 145 cm³/mol. The van der Waals surface area contributed by atoms with Crippen LogP contribution in [0.2, 0.25) is 0 Å². The largest absolute Gasteiger partial charge is 0.507 e. The van der Waals surface area contributed by atoms with Gasteiger partial charge in [0.25, 0.3) is 11.7 Å². The molecular weight excluding hydrogens is 482 g/mol. The maximum absolute atomic E-state index is 13.4. The average molecular weight is 516 g/mol. The van der Waals surface area contributed by atoms with E-state index in [1.54, 1.807) is 42.5 Å². The molecule has 1 unspecified atom stereocenters. The van der Waals surface area contributed by atoms with E-state index in [0.29, 0.717) is 48.2 Å². The molecule has 0 radical (unpaired) electrons. The van der Waals surface area contributed by atoms with Crippen LogP contribution in [0, 0.1) is 0 Å². The summed E-state index contributed by atoms with van der Waals surface area (Å²) >= 11 is 0. The van der Waals surface area contributed by atoms with Crippen molar-refractivity contribution < 1.29 is 28.9 Å². The molecule has 1 N–H and O–H groups in total. The van der Waals surface area contributed by atoms with Gasteiger partial charge in [-0.15, -0.1) is 0 Å². The molecule has 3 aromatic carbocycles. The van der Waals surface area contributed by atoms with Gasteiger partial charge in [-0.05, 0) is 67.8 Å². The van der Waals surface area contributed by atoms with Crippen LogP contribution in [-0.4, -0.2) is 41.5 Å². The van der Waals surface area contributed by atoms with Crippen molar-refractivity contribution in [1.29, 1.82) is 0 Å². The lowest BCUT2D eigenvalue weighted by molar-refractivity contribution is -0.140. The number of carbonyl (C=O) groups excluding carboxylic acids is 2. The number of ketones is 1. The lowest BCUT2D eigenvalue weighted by atomic mass is 9.94. The predicted octanol–water partition coefficient (Wildman–Crippen LogP) is 5.89. The Kier molecular flexibility index (Phi) is 8.69. The summed E-state index contributed by atoms with van der Waals surface area (Å²) in [5, 5.41) is 11.4. The maximum atomic E-state index is 13.4. The SMILES string of the molecule is CCCOc1ccc(C(O)=C2C(=O)C(=O)N(Cc3ccccc3)C2c2ccc(OCC)c(OCC)c2)cc1. The molecule has 1 atom stereocenters. The van der Waals surface area contributed by atoms with E-state index in [9.17, 15) is 14.7 Å². The van der Waals surface area contributed by atoms with Crippen molar-refractivity contribution in [2.24, 2.45) is 0 Å². The summed E-state index contributed by atoms with van der Waals surface area (Å²) in [6.45, 7) is 7.44. The molecule has 0 aromatic heterocycles. The van der Waals surface area contributed by atoms with Crippen LogP contribution in [0.4, 0.5) is 0 Å². The maximum Gasteiger partial charge on any atom is 0.295 e. The average Bonchev–Trinajstić information content (AvgIpc) is 3.18. The summed E-state index contributed by atoms with van der Waals surface area (Å²) in [4.78, 5) is 28.2. The van der Waals surface area contributed by atoms with Crippen molar-refractivity contribution in [2.75, 3.05) is 19.8 Å². The third-order valence-corrected chi connectivity index (χ3v) is 6.22. The minimum atomic E-state index is -0.818. The van der Waals surface area contributed by atoms with E-state index < -0.39 is 17.7 Å². The molecule has 1 heterocycles. The highest BCUT2D eigenvalue weighted by molar-refractivity contribution is 6.46. The van der Waals surface area contributed by atoms with E-state index in [0.717, 1.165) is 12.0 Å². The third-order valence-electron chi connectivity index (χ3n) is 6.22. The van der Waals surface area contributed by atoms with Crippen LogP contribution in [0.25, 0.3) is 5.76 Å². The second-order valence-corrected chi connectivity index (χ2v) is 8.86. The van der Waals surface area contributed by atoms with Crippen LogP contribution in [0.3, 0.4) is 0 Å². The summed E-state index contributed by atoms with van der Waals surface area (Å²) in [7, 11) is 0. The molecule has 0 bridgehead atoms. The number of hydrogen-bond donors (Lipinski definition) is 1. The number of carbonyl (C=O) groups is 2. The Morgan fingerprint density at radius 1 is 0.842 bits per heavy atom. The van der Waals surface area contributed by atoms with E-state index in [-0.39, 0.29) is 17.9 Å². The highest BCUT2D eigenvalue weighted by Crippen LogP contribution is 2.43. The second-order valence-electron chi connectivity index (χ2n) is 8.86. The van der Waals surface area contributed by atoms with Gasteiger partial charge in [0, 0.05) is 12.1 Å². The van der Waals surface area contributed by atoms with Crippen molar-refractivity contribution in [1.82, 2.24) is 4.90 Å². The smallest absolute Gasteiger partial charge is 0.295 e. The Morgan fingerprint density at radius 2 is 1.53 bits per heavy atom. The molecule has 1 aliphatic heterocycles. The third kappa shape index (κ3) is 5.67. The zero-order valence-electron chi connectivity index (χ0n) is 22.0. The van der Waals surface area contributed by atoms with Crippen molar-refractivity contribution in [3.63, 3.8) is 0 Å². The Hall–Kier alpha value is -4.26. The molecule has 0 spiro atoms. The minimum Gasteiger partial charge on any atom is -0.507 e. The Bertz CT molecular complexity index is 1300. The van der Waals surface area contributed by atoms with Crippen LogP contribution < -0.4 is 14.2 Å². The van der Waals surface area contributed by atoms with Gasteiger partial charge in [-0.2, -0.15) is 0 Å². The van der Waals surface area contributed by atoms with Crippen LogP contribution in [0.15, 0.2) is 78.4 Å². The molecule has 1 saturated heterocycles. The zero-order chi connectivity index (χ0) is 27.1. The Morgan fingerprint density at radius 3 is 2.18 bits per heavy atom. The van der Waals surface area contributed by atoms with Gasteiger partial charge in [0.2, 0.25) is 0 Å². The van der Waals surface area contributed by atoms with E-state index in [4.69, 9.17) is 14.2 Å². The number of ether oxygens (including phenoxy) is 3. The van der Waals surface area contributed by atoms with Crippen molar-refractivity contribution in [3.05, 3.63) is 95.1 Å². The number of benzene rings is 3. The van der Waals surface area contributed by atoms with Gasteiger partial charge in [-0.1, -0.05) is 43.3 Å². The number of hydrogen-bond acceptors (Lipinski definition) is 6. The van der Waals surface area contributed by atoms with Gasteiger partial charge in [0.1, 0.15) is 11.5 Å². The molecule has 3 aromatic rings. The van der Waals surface area contributed by atoms with Crippen molar-refractivity contribution in [2.45, 2.75) is 39.8 Å². The Labute approximate surface area is 223 Å². The van der Waals surface area contributed by atoms with E-state index in [2.05, 4.69) is 0 Å². The molecule has 0 saturated carbocycles. The lowest BCUT2D eigenvalue weighted by Crippen LogP contribution is -2.29. The van der Waals surface area contributed by atoms with Crippen LogP contribution in [0.5, 0.6) is 17.2 Å². The summed E-state index contributed by atoms with van der Waals surface area (Å²) in [5.74, 6) is 0.0993. The standard InChI is InChI=1S/C31H33NO6/c1-4-18-38-24-15-12-22(13-16-24)29(33)27-28(23-14-17-25(36-5-2)26(19-23)37-6-3)32(31(35)30(27)34)20-21-10-8-7-9-11-21/h7-17,19,28,33H,4-6,18,20H2,1-3H3. The van der Waals surface area contributed by atoms with Gasteiger partial charge in [0.15, 0.2) is 11.5 Å². The first-order valence-corrected chi connectivity index (χ1v) is 12.9. The minimum absolute atomic E-state index is 0.0276. The van der Waals surface area contributed by atoms with Gasteiger partial charge >= 0.3 is 0 Å². The van der Waals surface area contributed by atoms with Crippen LogP contribution in [0.1, 0.15) is 49.9 Å². The first kappa shape index (κ1) is 26.8. The molecule has 7 heteroatoms. The number of nitrogens with zero attached hydrogens (tertiary/aromatic N) is 1. The van der Waals surface area contributed by atoms with Gasteiger partial charge in [0.05, 0.1) is 31.4 Å². The molecule has 0 aliphatic carbocycles. The van der Waals surface area contributed by atoms with Crippen molar-refractivity contribution in [3.8, 4) is 17.2 Å². The van der Waals surface area contributed by atoms with Gasteiger partial charge in [-0.3, -0.25) is 9.59 Å². The fourth-order valence-corrected chi connectivity index (χ4v) is 4.49. The number of rotatable bonds is 11. The topological polar surface area (TPSA) is 85.3 Å². The van der Waals surface area contributed by atoms with Crippen molar-refractivity contribution >= 4 is 17.4 Å². The first-order valence-electron chi connectivity index (χ1n) is 12.9. The normalized spacial score (nSPS) is 16.5. The molecule has 38 heavy (non-hydrogen) atoms. The summed E-state index contributed by atoms with van der Waals surface area (Å²) in [6.07, 6.45) is 0.873. The summed E-state index contributed by atoms with van der Waals surface area (Å²) in [5.41, 5.74) is 1.96. The number of amides is 1. The number of likely N-dealkylation sites (tertiary alicyclic amines) is 1. The second kappa shape index (κ2) is 12.3. The highest BCUT2D eigenvalue weighted by Gasteiger charge is 2.46. The summed E-state index contributed by atoms with van der Waals surface area (Å²) in [6, 6.07) is 20.8. The van der Waals surface area contributed by atoms with E-state index in [1.165, 1.54) is 4.90 Å². The van der Waals surface area contributed by atoms with Crippen LogP contribution >= 0.6 is 0 Å². The quantitative estimate of drug-likeness (QED) is 0.195. The Balaban J connectivity index is 1.82. The fraction of sp³-hybridized carbons (Fsp3) is 0.290. The number of Topliss-reactive ketones (excluding diaryl/α,β-unsaturated/α-hetero) is 1. The van der Waals surface area contributed by atoms with Gasteiger partial charge < -0.3 is 24.2 Å². The first-order chi connectivity index (χ1) is 18.5.